The van der Waals surface area contributed by atoms with Gasteiger partial charge < -0.3 is 14.0 Å². The monoisotopic (exact) mass is 488 g/mol. The zero-order valence-electron chi connectivity index (χ0n) is 17.6. The van der Waals surface area contributed by atoms with E-state index in [1.54, 1.807) is 29.0 Å². The van der Waals surface area contributed by atoms with Gasteiger partial charge in [0.1, 0.15) is 23.7 Å². The lowest BCUT2D eigenvalue weighted by Gasteiger charge is -2.26. The zero-order valence-corrected chi connectivity index (χ0v) is 19.2. The van der Waals surface area contributed by atoms with Crippen LogP contribution >= 0.6 is 15.9 Å². The number of carbonyl (C=O) groups excluding carboxylic acids is 1. The minimum atomic E-state index is -0.338. The zero-order chi connectivity index (χ0) is 22.0. The highest BCUT2D eigenvalue weighted by Gasteiger charge is 2.20. The van der Waals surface area contributed by atoms with Crippen molar-refractivity contribution in [1.82, 2.24) is 19.0 Å². The van der Waals surface area contributed by atoms with Gasteiger partial charge in [0.05, 0.1) is 12.1 Å². The quantitative estimate of drug-likeness (QED) is 0.524. The molecule has 1 saturated heterocycles. The molecular formula is C23H26BrFN4O2. The summed E-state index contributed by atoms with van der Waals surface area (Å²) in [6, 6.07) is 6.69. The topological polar surface area (TPSA) is 60.1 Å². The van der Waals surface area contributed by atoms with Crippen molar-refractivity contribution in [3.63, 3.8) is 0 Å². The van der Waals surface area contributed by atoms with Gasteiger partial charge in [0.2, 0.25) is 5.91 Å². The van der Waals surface area contributed by atoms with Gasteiger partial charge in [-0.15, -0.1) is 0 Å². The van der Waals surface area contributed by atoms with E-state index in [0.29, 0.717) is 27.5 Å². The normalized spacial score (nSPS) is 14.4. The van der Waals surface area contributed by atoms with Crippen molar-refractivity contribution < 1.29 is 9.18 Å². The van der Waals surface area contributed by atoms with Crippen LogP contribution < -0.4 is 5.56 Å². The molecule has 0 N–H and O–H groups in total. The molecule has 0 atom stereocenters. The summed E-state index contributed by atoms with van der Waals surface area (Å²) in [4.78, 5) is 32.5. The fourth-order valence-electron chi connectivity index (χ4n) is 4.14. The first-order chi connectivity index (χ1) is 15.0. The average Bonchev–Trinajstić information content (AvgIpc) is 3.10. The number of halogens is 2. The molecule has 0 bridgehead atoms. The second-order valence-electron chi connectivity index (χ2n) is 8.02. The van der Waals surface area contributed by atoms with Crippen LogP contribution in [-0.2, 0) is 24.3 Å². The summed E-state index contributed by atoms with van der Waals surface area (Å²) in [5.74, 6) is 0.368. The number of amides is 1. The Morgan fingerprint density at radius 2 is 1.97 bits per heavy atom. The van der Waals surface area contributed by atoms with Crippen LogP contribution in [0.1, 0.15) is 44.0 Å². The van der Waals surface area contributed by atoms with E-state index >= 15 is 0 Å². The molecule has 1 aromatic carbocycles. The number of rotatable bonds is 6. The van der Waals surface area contributed by atoms with Gasteiger partial charge in [-0.05, 0) is 43.9 Å². The number of piperidine rings is 1. The summed E-state index contributed by atoms with van der Waals surface area (Å²) in [5.41, 5.74) is 1.21. The molecule has 6 nitrogen and oxygen atoms in total. The number of aromatic nitrogens is 3. The van der Waals surface area contributed by atoms with E-state index < -0.39 is 0 Å². The first kappa shape index (κ1) is 21.7. The van der Waals surface area contributed by atoms with Crippen molar-refractivity contribution in [2.45, 2.75) is 52.1 Å². The predicted molar refractivity (Wildman–Crippen MR) is 122 cm³/mol. The minimum Gasteiger partial charge on any atom is -0.341 e. The van der Waals surface area contributed by atoms with Crippen molar-refractivity contribution in [3.8, 4) is 0 Å². The summed E-state index contributed by atoms with van der Waals surface area (Å²) in [7, 11) is 0. The Morgan fingerprint density at radius 3 is 2.68 bits per heavy atom. The Morgan fingerprint density at radius 1 is 1.19 bits per heavy atom. The molecule has 4 rings (SSSR count). The van der Waals surface area contributed by atoms with Crippen molar-refractivity contribution in [3.05, 3.63) is 62.5 Å². The molecule has 2 aromatic heterocycles. The molecule has 1 aliphatic heterocycles. The van der Waals surface area contributed by atoms with Crippen LogP contribution in [0.2, 0.25) is 0 Å². The number of benzene rings is 1. The lowest BCUT2D eigenvalue weighted by Crippen LogP contribution is -2.39. The number of hydrogen-bond acceptors (Lipinski definition) is 3. The standard InChI is InChI=1S/C23H26BrFN4O2/c1-2-6-20-26-19-9-12-28(15-21(30)27-10-4-3-5-11-27)23(31)22(19)29(20)14-16-7-8-17(24)13-18(16)25/h7-9,12-13H,2-6,10-11,14-15H2,1H3. The molecule has 0 aliphatic carbocycles. The Hall–Kier alpha value is -2.48. The van der Waals surface area contributed by atoms with E-state index in [-0.39, 0.29) is 30.4 Å². The van der Waals surface area contributed by atoms with Gasteiger partial charge in [0, 0.05) is 35.7 Å². The largest absolute Gasteiger partial charge is 0.341 e. The number of fused-ring (bicyclic) bond motifs is 1. The molecule has 164 valence electrons. The number of hydrogen-bond donors (Lipinski definition) is 0. The molecule has 31 heavy (non-hydrogen) atoms. The molecule has 0 unspecified atom stereocenters. The maximum atomic E-state index is 14.5. The number of nitrogens with zero attached hydrogens (tertiary/aromatic N) is 4. The lowest BCUT2D eigenvalue weighted by molar-refractivity contribution is -0.132. The molecular weight excluding hydrogens is 463 g/mol. The maximum Gasteiger partial charge on any atom is 0.277 e. The van der Waals surface area contributed by atoms with Crippen LogP contribution in [0.15, 0.2) is 39.7 Å². The highest BCUT2D eigenvalue weighted by atomic mass is 79.9. The van der Waals surface area contributed by atoms with E-state index in [4.69, 9.17) is 0 Å². The summed E-state index contributed by atoms with van der Waals surface area (Å²) in [5, 5.41) is 0. The van der Waals surface area contributed by atoms with Crippen molar-refractivity contribution in [2.24, 2.45) is 0 Å². The molecule has 0 spiro atoms. The van der Waals surface area contributed by atoms with Crippen LogP contribution in [0.4, 0.5) is 4.39 Å². The fourth-order valence-corrected chi connectivity index (χ4v) is 4.48. The van der Waals surface area contributed by atoms with Crippen LogP contribution in [-0.4, -0.2) is 38.0 Å². The highest BCUT2D eigenvalue weighted by Crippen LogP contribution is 2.20. The number of aryl methyl sites for hydroxylation is 1. The lowest BCUT2D eigenvalue weighted by atomic mass is 10.1. The Balaban J connectivity index is 1.73. The van der Waals surface area contributed by atoms with Gasteiger partial charge in [-0.2, -0.15) is 0 Å². The van der Waals surface area contributed by atoms with Gasteiger partial charge in [-0.25, -0.2) is 9.37 Å². The molecule has 3 aromatic rings. The Labute approximate surface area is 188 Å². The van der Waals surface area contributed by atoms with Gasteiger partial charge in [0.25, 0.3) is 5.56 Å². The van der Waals surface area contributed by atoms with Gasteiger partial charge >= 0.3 is 0 Å². The van der Waals surface area contributed by atoms with E-state index in [1.165, 1.54) is 10.6 Å². The highest BCUT2D eigenvalue weighted by molar-refractivity contribution is 9.10. The van der Waals surface area contributed by atoms with E-state index in [2.05, 4.69) is 20.9 Å². The summed E-state index contributed by atoms with van der Waals surface area (Å²) in [6.45, 7) is 3.76. The maximum absolute atomic E-state index is 14.5. The minimum absolute atomic E-state index is 0.00963. The first-order valence-electron chi connectivity index (χ1n) is 10.8. The van der Waals surface area contributed by atoms with Crippen molar-refractivity contribution in [1.29, 1.82) is 0 Å². The smallest absolute Gasteiger partial charge is 0.277 e. The third-order valence-electron chi connectivity index (χ3n) is 5.78. The third-order valence-corrected chi connectivity index (χ3v) is 6.27. The SMILES string of the molecule is CCCc1nc2ccn(CC(=O)N3CCCCC3)c(=O)c2n1Cc1ccc(Br)cc1F. The van der Waals surface area contributed by atoms with Crippen LogP contribution in [0.25, 0.3) is 11.0 Å². The number of imidazole rings is 1. The summed E-state index contributed by atoms with van der Waals surface area (Å²) < 4.78 is 18.4. The Bertz CT molecular complexity index is 1160. The predicted octanol–water partition coefficient (Wildman–Crippen LogP) is 4.11. The molecule has 3 heterocycles. The van der Waals surface area contributed by atoms with Gasteiger partial charge in [0.15, 0.2) is 0 Å². The van der Waals surface area contributed by atoms with E-state index in [1.807, 2.05) is 11.8 Å². The summed E-state index contributed by atoms with van der Waals surface area (Å²) in [6.07, 6.45) is 6.32. The van der Waals surface area contributed by atoms with Gasteiger partial charge in [-0.1, -0.05) is 28.9 Å². The molecule has 1 aliphatic rings. The van der Waals surface area contributed by atoms with Crippen molar-refractivity contribution in [2.75, 3.05) is 13.1 Å². The number of carbonyl (C=O) groups is 1. The molecule has 0 saturated carbocycles. The third kappa shape index (κ3) is 4.59. The number of likely N-dealkylation sites (tertiary alicyclic amines) is 1. The molecule has 1 fully saturated rings. The summed E-state index contributed by atoms with van der Waals surface area (Å²) >= 11 is 3.28. The first-order valence-corrected chi connectivity index (χ1v) is 11.6. The van der Waals surface area contributed by atoms with E-state index in [9.17, 15) is 14.0 Å². The number of pyridine rings is 1. The van der Waals surface area contributed by atoms with Crippen LogP contribution in [0.3, 0.4) is 0 Å². The van der Waals surface area contributed by atoms with E-state index in [0.717, 1.165) is 44.6 Å². The molecule has 1 amide bonds. The average molecular weight is 489 g/mol. The molecule has 0 radical (unpaired) electrons. The molecule has 8 heteroatoms. The van der Waals surface area contributed by atoms with Gasteiger partial charge in [-0.3, -0.25) is 9.59 Å². The Kier molecular flexibility index (Phi) is 6.55. The second kappa shape index (κ2) is 9.34. The van der Waals surface area contributed by atoms with Crippen LogP contribution in [0, 0.1) is 5.82 Å². The fraction of sp³-hybridized carbons (Fsp3) is 0.435. The van der Waals surface area contributed by atoms with Crippen LogP contribution in [0.5, 0.6) is 0 Å². The second-order valence-corrected chi connectivity index (χ2v) is 8.94. The van der Waals surface area contributed by atoms with Crippen molar-refractivity contribution >= 4 is 32.9 Å².